The molecule has 25 heavy (non-hydrogen) atoms. The molecule has 1 amide bonds. The number of carbonyl (C=O) groups is 1. The number of amides is 1. The Hall–Kier alpha value is -1.75. The van der Waals surface area contributed by atoms with E-state index in [1.54, 1.807) is 23.1 Å². The van der Waals surface area contributed by atoms with E-state index in [2.05, 4.69) is 41.2 Å². The third kappa shape index (κ3) is 3.22. The maximum Gasteiger partial charge on any atom is 0.225 e. The maximum absolute atomic E-state index is 12.3. The van der Waals surface area contributed by atoms with Crippen molar-refractivity contribution in [2.45, 2.75) is 17.2 Å². The van der Waals surface area contributed by atoms with E-state index < -0.39 is 0 Å². The minimum Gasteiger partial charge on any atom is -0.325 e. The van der Waals surface area contributed by atoms with Crippen LogP contribution in [0.25, 0.3) is 11.1 Å². The fourth-order valence-electron chi connectivity index (χ4n) is 3.17. The second-order valence-corrected chi connectivity index (χ2v) is 8.20. The normalized spacial score (nSPS) is 16.4. The third-order valence-corrected chi connectivity index (χ3v) is 6.55. The summed E-state index contributed by atoms with van der Waals surface area (Å²) in [5.74, 6) is 0.186. The third-order valence-electron chi connectivity index (χ3n) is 4.46. The molecule has 2 heterocycles. The predicted octanol–water partition coefficient (Wildman–Crippen LogP) is 6.26. The molecule has 1 aliphatic rings. The highest BCUT2D eigenvalue weighted by molar-refractivity contribution is 7.98. The molecule has 0 saturated heterocycles. The summed E-state index contributed by atoms with van der Waals surface area (Å²) in [6.45, 7) is 0. The van der Waals surface area contributed by atoms with Crippen molar-refractivity contribution in [2.24, 2.45) is 0 Å². The molecule has 0 radical (unpaired) electrons. The number of anilines is 1. The zero-order valence-electron chi connectivity index (χ0n) is 13.6. The van der Waals surface area contributed by atoms with Crippen LogP contribution in [0, 0.1) is 0 Å². The van der Waals surface area contributed by atoms with E-state index in [0.29, 0.717) is 11.4 Å². The van der Waals surface area contributed by atoms with E-state index in [-0.39, 0.29) is 11.8 Å². The molecule has 3 aromatic rings. The smallest absolute Gasteiger partial charge is 0.225 e. The molecular formula is C20H16ClNOS2. The van der Waals surface area contributed by atoms with E-state index in [9.17, 15) is 4.79 Å². The summed E-state index contributed by atoms with van der Waals surface area (Å²) in [6.07, 6.45) is 2.56. The molecule has 0 unspecified atom stereocenters. The van der Waals surface area contributed by atoms with Gasteiger partial charge >= 0.3 is 0 Å². The molecule has 2 nitrogen and oxygen atoms in total. The molecule has 1 aliphatic heterocycles. The van der Waals surface area contributed by atoms with E-state index in [1.165, 1.54) is 15.3 Å². The van der Waals surface area contributed by atoms with Crippen molar-refractivity contribution >= 4 is 46.3 Å². The Balaban J connectivity index is 1.76. The van der Waals surface area contributed by atoms with Crippen LogP contribution in [0.1, 0.15) is 22.8 Å². The van der Waals surface area contributed by atoms with E-state index in [0.717, 1.165) is 16.8 Å². The summed E-state index contributed by atoms with van der Waals surface area (Å²) in [7, 11) is 0. The van der Waals surface area contributed by atoms with Gasteiger partial charge in [0.05, 0.1) is 5.69 Å². The Morgan fingerprint density at radius 2 is 1.84 bits per heavy atom. The van der Waals surface area contributed by atoms with Gasteiger partial charge in [0.25, 0.3) is 0 Å². The van der Waals surface area contributed by atoms with Crippen molar-refractivity contribution in [3.63, 3.8) is 0 Å². The number of rotatable bonds is 3. The number of thiophene rings is 1. The Morgan fingerprint density at radius 1 is 1.12 bits per heavy atom. The summed E-state index contributed by atoms with van der Waals surface area (Å²) in [5.41, 5.74) is 4.27. The molecule has 0 bridgehead atoms. The van der Waals surface area contributed by atoms with Gasteiger partial charge in [-0.05, 0) is 41.6 Å². The first-order valence-corrected chi connectivity index (χ1v) is 10.4. The van der Waals surface area contributed by atoms with Crippen LogP contribution < -0.4 is 5.32 Å². The number of hydrogen-bond acceptors (Lipinski definition) is 3. The lowest BCUT2D eigenvalue weighted by molar-refractivity contribution is -0.116. The molecule has 4 rings (SSSR count). The SMILES string of the molecule is CSc1ccc([C@H]2CC(=O)Nc3c(-c4ccc(Cl)cc4)csc32)cc1. The molecular weight excluding hydrogens is 370 g/mol. The molecule has 1 N–H and O–H groups in total. The highest BCUT2D eigenvalue weighted by atomic mass is 35.5. The molecule has 0 spiro atoms. The van der Waals surface area contributed by atoms with Gasteiger partial charge in [-0.25, -0.2) is 0 Å². The topological polar surface area (TPSA) is 29.1 Å². The molecule has 0 saturated carbocycles. The van der Waals surface area contributed by atoms with Crippen LogP contribution >= 0.6 is 34.7 Å². The van der Waals surface area contributed by atoms with Gasteiger partial charge in [0, 0.05) is 38.1 Å². The molecule has 5 heteroatoms. The zero-order valence-corrected chi connectivity index (χ0v) is 16.0. The number of halogens is 1. The number of nitrogens with one attached hydrogen (secondary N) is 1. The lowest BCUT2D eigenvalue weighted by atomic mass is 9.89. The average Bonchev–Trinajstić information content (AvgIpc) is 3.05. The van der Waals surface area contributed by atoms with Crippen LogP contribution in [0.4, 0.5) is 5.69 Å². The van der Waals surface area contributed by atoms with Crippen molar-refractivity contribution in [1.29, 1.82) is 0 Å². The summed E-state index contributed by atoms with van der Waals surface area (Å²) in [4.78, 5) is 14.8. The monoisotopic (exact) mass is 385 g/mol. The van der Waals surface area contributed by atoms with Gasteiger partial charge in [-0.2, -0.15) is 0 Å². The summed E-state index contributed by atoms with van der Waals surface area (Å²) in [5, 5.41) is 5.92. The van der Waals surface area contributed by atoms with E-state index >= 15 is 0 Å². The van der Waals surface area contributed by atoms with Crippen LogP contribution in [-0.2, 0) is 4.79 Å². The zero-order chi connectivity index (χ0) is 17.4. The number of hydrogen-bond donors (Lipinski definition) is 1. The van der Waals surface area contributed by atoms with Crippen LogP contribution in [0.2, 0.25) is 5.02 Å². The van der Waals surface area contributed by atoms with Gasteiger partial charge in [0.2, 0.25) is 5.91 Å². The standard InChI is InChI=1S/C20H16ClNOS2/c1-24-15-8-4-12(5-9-15)16-10-18(23)22-19-17(11-25-20(16)19)13-2-6-14(21)7-3-13/h2-9,11,16H,10H2,1H3,(H,22,23)/t16-/m1/s1. The predicted molar refractivity (Wildman–Crippen MR) is 108 cm³/mol. The van der Waals surface area contributed by atoms with Gasteiger partial charge in [-0.1, -0.05) is 35.9 Å². The summed E-state index contributed by atoms with van der Waals surface area (Å²) >= 11 is 9.44. The second kappa shape index (κ2) is 6.87. The molecule has 0 fully saturated rings. The highest BCUT2D eigenvalue weighted by Gasteiger charge is 2.30. The van der Waals surface area contributed by atoms with Crippen LogP contribution in [-0.4, -0.2) is 12.2 Å². The van der Waals surface area contributed by atoms with Crippen LogP contribution in [0.15, 0.2) is 58.8 Å². The lowest BCUT2D eigenvalue weighted by Crippen LogP contribution is -2.22. The van der Waals surface area contributed by atoms with E-state index in [1.807, 2.05) is 24.3 Å². The Kier molecular flexibility index (Phi) is 4.59. The Morgan fingerprint density at radius 3 is 2.52 bits per heavy atom. The summed E-state index contributed by atoms with van der Waals surface area (Å²) in [6, 6.07) is 16.3. The number of thioether (sulfide) groups is 1. The van der Waals surface area contributed by atoms with Gasteiger partial charge in [-0.3, -0.25) is 4.79 Å². The molecule has 1 aromatic heterocycles. The second-order valence-electron chi connectivity index (χ2n) is 5.97. The minimum absolute atomic E-state index is 0.0695. The lowest BCUT2D eigenvalue weighted by Gasteiger charge is -2.24. The van der Waals surface area contributed by atoms with Gasteiger partial charge in [-0.15, -0.1) is 23.1 Å². The Bertz CT molecular complexity index is 916. The number of benzene rings is 2. The van der Waals surface area contributed by atoms with Crippen LogP contribution in [0.3, 0.4) is 0 Å². The molecule has 2 aromatic carbocycles. The van der Waals surface area contributed by atoms with E-state index in [4.69, 9.17) is 11.6 Å². The van der Waals surface area contributed by atoms with Crippen molar-refractivity contribution in [3.8, 4) is 11.1 Å². The number of carbonyl (C=O) groups excluding carboxylic acids is 1. The highest BCUT2D eigenvalue weighted by Crippen LogP contribution is 2.46. The van der Waals surface area contributed by atoms with Gasteiger partial charge in [0.1, 0.15) is 0 Å². The van der Waals surface area contributed by atoms with Crippen molar-refractivity contribution < 1.29 is 4.79 Å². The van der Waals surface area contributed by atoms with Gasteiger partial charge in [0.15, 0.2) is 0 Å². The van der Waals surface area contributed by atoms with Crippen molar-refractivity contribution in [2.75, 3.05) is 11.6 Å². The van der Waals surface area contributed by atoms with Crippen LogP contribution in [0.5, 0.6) is 0 Å². The number of fused-ring (bicyclic) bond motifs is 1. The summed E-state index contributed by atoms with van der Waals surface area (Å²) < 4.78 is 0. The van der Waals surface area contributed by atoms with Crippen molar-refractivity contribution in [1.82, 2.24) is 0 Å². The fourth-order valence-corrected chi connectivity index (χ4v) is 4.87. The first kappa shape index (κ1) is 16.7. The molecule has 1 atom stereocenters. The van der Waals surface area contributed by atoms with Gasteiger partial charge < -0.3 is 5.32 Å². The molecule has 0 aliphatic carbocycles. The minimum atomic E-state index is 0.0695. The largest absolute Gasteiger partial charge is 0.325 e. The maximum atomic E-state index is 12.3. The fraction of sp³-hybridized carbons (Fsp3) is 0.150. The quantitative estimate of drug-likeness (QED) is 0.538. The van der Waals surface area contributed by atoms with Crippen molar-refractivity contribution in [3.05, 3.63) is 69.4 Å². The molecule has 126 valence electrons. The average molecular weight is 386 g/mol. The first-order valence-electron chi connectivity index (χ1n) is 7.97. The first-order chi connectivity index (χ1) is 12.2. The Labute approximate surface area is 160 Å².